The number of nitrogens with zero attached hydrogens (tertiary/aromatic N) is 3. The molecule has 0 aliphatic heterocycles. The van der Waals surface area contributed by atoms with Gasteiger partial charge in [-0.25, -0.2) is 4.98 Å². The van der Waals surface area contributed by atoms with E-state index in [1.165, 1.54) is 5.56 Å². The van der Waals surface area contributed by atoms with Gasteiger partial charge in [0.2, 0.25) is 0 Å². The van der Waals surface area contributed by atoms with Gasteiger partial charge in [0.25, 0.3) is 0 Å². The van der Waals surface area contributed by atoms with Crippen LogP contribution in [-0.2, 0) is 6.54 Å². The largest absolute Gasteiger partial charge is 0.395 e. The van der Waals surface area contributed by atoms with E-state index < -0.39 is 0 Å². The molecule has 2 aromatic rings. The summed E-state index contributed by atoms with van der Waals surface area (Å²) in [5.74, 6) is 0.772. The number of aromatic nitrogens is 1. The van der Waals surface area contributed by atoms with Crippen molar-refractivity contribution in [3.63, 3.8) is 0 Å². The van der Waals surface area contributed by atoms with Crippen LogP contribution in [0.4, 0.5) is 5.82 Å². The summed E-state index contributed by atoms with van der Waals surface area (Å²) in [6.07, 6.45) is 1.55. The summed E-state index contributed by atoms with van der Waals surface area (Å²) in [6.45, 7) is 1.31. The van der Waals surface area contributed by atoms with Gasteiger partial charge in [0.1, 0.15) is 11.9 Å². The number of thiophene rings is 1. The Labute approximate surface area is 110 Å². The molecule has 0 aliphatic rings. The Balaban J connectivity index is 2.15. The van der Waals surface area contributed by atoms with Crippen LogP contribution in [0.5, 0.6) is 0 Å². The van der Waals surface area contributed by atoms with Crippen LogP contribution in [0.25, 0.3) is 0 Å². The van der Waals surface area contributed by atoms with Crippen molar-refractivity contribution in [2.24, 2.45) is 0 Å². The number of nitriles is 1. The molecule has 2 rings (SSSR count). The maximum absolute atomic E-state index is 9.11. The van der Waals surface area contributed by atoms with Crippen molar-refractivity contribution in [1.29, 1.82) is 5.26 Å². The monoisotopic (exact) mass is 259 g/mol. The van der Waals surface area contributed by atoms with Crippen LogP contribution in [0.2, 0.25) is 0 Å². The number of aliphatic hydroxyl groups is 1. The number of aliphatic hydroxyl groups excluding tert-OH is 1. The normalized spacial score (nSPS) is 10.0. The third-order valence-electron chi connectivity index (χ3n) is 2.52. The van der Waals surface area contributed by atoms with Crippen LogP contribution in [0, 0.1) is 11.3 Å². The molecule has 0 amide bonds. The van der Waals surface area contributed by atoms with Crippen molar-refractivity contribution < 1.29 is 5.11 Å². The Bertz CT molecular complexity index is 516. The fraction of sp³-hybridized carbons (Fsp3) is 0.231. The van der Waals surface area contributed by atoms with Gasteiger partial charge in [-0.3, -0.25) is 0 Å². The molecule has 2 aromatic heterocycles. The topological polar surface area (TPSA) is 60.2 Å². The fourth-order valence-electron chi connectivity index (χ4n) is 1.64. The summed E-state index contributed by atoms with van der Waals surface area (Å²) in [4.78, 5) is 6.23. The van der Waals surface area contributed by atoms with Crippen molar-refractivity contribution in [3.8, 4) is 6.07 Å². The molecule has 0 fully saturated rings. The molecule has 0 spiro atoms. The molecule has 92 valence electrons. The molecular weight excluding hydrogens is 246 g/mol. The second-order valence-corrected chi connectivity index (χ2v) is 4.57. The van der Waals surface area contributed by atoms with Crippen molar-refractivity contribution in [2.45, 2.75) is 6.54 Å². The quantitative estimate of drug-likeness (QED) is 0.892. The molecule has 0 aromatic carbocycles. The zero-order valence-corrected chi connectivity index (χ0v) is 10.6. The van der Waals surface area contributed by atoms with Gasteiger partial charge < -0.3 is 10.0 Å². The summed E-state index contributed by atoms with van der Waals surface area (Å²) in [7, 11) is 0. The Kier molecular flexibility index (Phi) is 4.29. The van der Waals surface area contributed by atoms with Crippen LogP contribution < -0.4 is 4.90 Å². The van der Waals surface area contributed by atoms with E-state index in [4.69, 9.17) is 10.4 Å². The van der Waals surface area contributed by atoms with Gasteiger partial charge in [-0.1, -0.05) is 0 Å². The van der Waals surface area contributed by atoms with Crippen LogP contribution in [0.3, 0.4) is 0 Å². The molecule has 1 N–H and O–H groups in total. The van der Waals surface area contributed by atoms with E-state index in [0.717, 1.165) is 5.82 Å². The second kappa shape index (κ2) is 6.15. The lowest BCUT2D eigenvalue weighted by atomic mass is 10.2. The molecule has 18 heavy (non-hydrogen) atoms. The zero-order chi connectivity index (χ0) is 12.8. The highest BCUT2D eigenvalue weighted by atomic mass is 32.1. The minimum Gasteiger partial charge on any atom is -0.395 e. The lowest BCUT2D eigenvalue weighted by Crippen LogP contribution is -2.26. The molecule has 0 saturated carbocycles. The van der Waals surface area contributed by atoms with E-state index in [2.05, 4.69) is 16.4 Å². The van der Waals surface area contributed by atoms with Crippen LogP contribution in [0.15, 0.2) is 35.2 Å². The third kappa shape index (κ3) is 3.06. The molecule has 2 heterocycles. The fourth-order valence-corrected chi connectivity index (χ4v) is 2.30. The summed E-state index contributed by atoms with van der Waals surface area (Å²) < 4.78 is 0. The maximum Gasteiger partial charge on any atom is 0.128 e. The smallest absolute Gasteiger partial charge is 0.128 e. The van der Waals surface area contributed by atoms with Crippen molar-refractivity contribution in [3.05, 3.63) is 46.3 Å². The predicted molar refractivity (Wildman–Crippen MR) is 71.4 cm³/mol. The third-order valence-corrected chi connectivity index (χ3v) is 3.26. The van der Waals surface area contributed by atoms with Crippen LogP contribution in [0.1, 0.15) is 11.1 Å². The minimum absolute atomic E-state index is 0.0752. The van der Waals surface area contributed by atoms with E-state index in [0.29, 0.717) is 18.7 Å². The molecule has 0 bridgehead atoms. The van der Waals surface area contributed by atoms with Gasteiger partial charge in [-0.05, 0) is 34.5 Å². The van der Waals surface area contributed by atoms with Gasteiger partial charge in [0.15, 0.2) is 0 Å². The first-order chi connectivity index (χ1) is 8.83. The molecular formula is C13H13N3OS. The summed E-state index contributed by atoms with van der Waals surface area (Å²) >= 11 is 1.65. The average Bonchev–Trinajstić information content (AvgIpc) is 2.91. The van der Waals surface area contributed by atoms with Gasteiger partial charge in [0, 0.05) is 19.3 Å². The molecule has 0 radical (unpaired) electrons. The van der Waals surface area contributed by atoms with Gasteiger partial charge >= 0.3 is 0 Å². The van der Waals surface area contributed by atoms with Gasteiger partial charge in [0.05, 0.1) is 12.2 Å². The van der Waals surface area contributed by atoms with E-state index in [9.17, 15) is 0 Å². The number of rotatable bonds is 5. The highest BCUT2D eigenvalue weighted by Crippen LogP contribution is 2.16. The number of anilines is 1. The summed E-state index contributed by atoms with van der Waals surface area (Å²) in [6, 6.07) is 7.64. The number of pyridine rings is 1. The van der Waals surface area contributed by atoms with E-state index in [1.807, 2.05) is 16.3 Å². The predicted octanol–water partition coefficient (Wildman–Crippen LogP) is 2.01. The number of hydrogen-bond donors (Lipinski definition) is 1. The first-order valence-corrected chi connectivity index (χ1v) is 6.51. The SMILES string of the molecule is N#Cc1ccc(N(CCO)Cc2ccsc2)nc1. The zero-order valence-electron chi connectivity index (χ0n) is 9.78. The molecule has 4 nitrogen and oxygen atoms in total. The summed E-state index contributed by atoms with van der Waals surface area (Å²) in [5, 5.41) is 21.9. The standard InChI is InChI=1S/C13H13N3OS/c14-7-11-1-2-13(15-8-11)16(4-5-17)9-12-3-6-18-10-12/h1-3,6,8,10,17H,4-5,9H2. The van der Waals surface area contributed by atoms with Gasteiger partial charge in [-0.15, -0.1) is 0 Å². The highest BCUT2D eigenvalue weighted by molar-refractivity contribution is 7.07. The van der Waals surface area contributed by atoms with Crippen LogP contribution >= 0.6 is 11.3 Å². The minimum atomic E-state index is 0.0752. The van der Waals surface area contributed by atoms with Crippen LogP contribution in [-0.4, -0.2) is 23.2 Å². The second-order valence-electron chi connectivity index (χ2n) is 3.79. The lowest BCUT2D eigenvalue weighted by Gasteiger charge is -2.22. The Morgan fingerprint density at radius 1 is 1.39 bits per heavy atom. The Morgan fingerprint density at radius 3 is 2.83 bits per heavy atom. The maximum atomic E-state index is 9.11. The van der Waals surface area contributed by atoms with Crippen molar-refractivity contribution in [2.75, 3.05) is 18.1 Å². The van der Waals surface area contributed by atoms with Crippen molar-refractivity contribution >= 4 is 17.2 Å². The first-order valence-electron chi connectivity index (χ1n) is 5.56. The van der Waals surface area contributed by atoms with E-state index in [1.54, 1.807) is 29.7 Å². The van der Waals surface area contributed by atoms with Crippen molar-refractivity contribution in [1.82, 2.24) is 4.98 Å². The van der Waals surface area contributed by atoms with E-state index in [-0.39, 0.29) is 6.61 Å². The Morgan fingerprint density at radius 2 is 2.28 bits per heavy atom. The average molecular weight is 259 g/mol. The molecule has 0 saturated heterocycles. The lowest BCUT2D eigenvalue weighted by molar-refractivity contribution is 0.301. The molecule has 0 atom stereocenters. The van der Waals surface area contributed by atoms with E-state index >= 15 is 0 Å². The highest BCUT2D eigenvalue weighted by Gasteiger charge is 2.08. The van der Waals surface area contributed by atoms with Gasteiger partial charge in [-0.2, -0.15) is 16.6 Å². The number of hydrogen-bond acceptors (Lipinski definition) is 5. The Hall–Kier alpha value is -1.90. The molecule has 0 aliphatic carbocycles. The summed E-state index contributed by atoms with van der Waals surface area (Å²) in [5.41, 5.74) is 1.73. The molecule has 0 unspecified atom stereocenters. The molecule has 5 heteroatoms. The first kappa shape index (κ1) is 12.6.